The molecule has 152 valence electrons. The number of carbonyl (C=O) groups excluding carboxylic acids is 1. The van der Waals surface area contributed by atoms with Crippen LogP contribution in [-0.2, 0) is 14.8 Å². The second-order valence-corrected chi connectivity index (χ2v) is 10.1. The van der Waals surface area contributed by atoms with Gasteiger partial charge in [-0.3, -0.25) is 9.52 Å². The number of amides is 1. The number of nitrogens with zero attached hydrogens (tertiary/aromatic N) is 1. The van der Waals surface area contributed by atoms with Gasteiger partial charge in [-0.05, 0) is 71.8 Å². The normalized spacial score (nSPS) is 11.7. The summed E-state index contributed by atoms with van der Waals surface area (Å²) in [4.78, 5) is 12.0. The van der Waals surface area contributed by atoms with Gasteiger partial charge in [0.05, 0.1) is 5.69 Å². The summed E-state index contributed by atoms with van der Waals surface area (Å²) >= 11 is 4.48. The molecule has 0 aliphatic carbocycles. The van der Waals surface area contributed by atoms with Gasteiger partial charge in [-0.1, -0.05) is 11.2 Å². The third-order valence-electron chi connectivity index (χ3n) is 3.83. The molecule has 0 atom stereocenters. The van der Waals surface area contributed by atoms with Crippen LogP contribution in [0.3, 0.4) is 0 Å². The van der Waals surface area contributed by atoms with E-state index in [9.17, 15) is 13.2 Å². The molecule has 7 nitrogen and oxygen atoms in total. The van der Waals surface area contributed by atoms with Crippen molar-refractivity contribution in [1.82, 2.24) is 5.16 Å². The van der Waals surface area contributed by atoms with Crippen molar-refractivity contribution < 1.29 is 17.7 Å². The predicted molar refractivity (Wildman–Crippen MR) is 118 cm³/mol. The van der Waals surface area contributed by atoms with Crippen molar-refractivity contribution in [3.05, 3.63) is 56.7 Å². The van der Waals surface area contributed by atoms with Gasteiger partial charge in [-0.2, -0.15) is 0 Å². The van der Waals surface area contributed by atoms with Crippen LogP contribution in [0.1, 0.15) is 28.8 Å². The smallest absolute Gasteiger partial charge is 0.271 e. The predicted octanol–water partition coefficient (Wildman–Crippen LogP) is 5.05. The molecule has 0 unspecified atom stereocenters. The van der Waals surface area contributed by atoms with E-state index in [0.29, 0.717) is 32.2 Å². The molecule has 0 spiro atoms. The minimum absolute atomic E-state index is 0.181. The molecule has 0 saturated carbocycles. The Kier molecular flexibility index (Phi) is 6.25. The van der Waals surface area contributed by atoms with E-state index in [2.05, 4.69) is 31.1 Å². The summed E-state index contributed by atoms with van der Waals surface area (Å²) in [6.07, 6.45) is 3.34. The maximum absolute atomic E-state index is 12.7. The number of benzene rings is 1. The quantitative estimate of drug-likeness (QED) is 0.498. The molecule has 3 aromatic rings. The van der Waals surface area contributed by atoms with Crippen LogP contribution >= 0.6 is 27.3 Å². The van der Waals surface area contributed by atoms with E-state index < -0.39 is 10.0 Å². The molecule has 0 fully saturated rings. The zero-order chi connectivity index (χ0) is 21.2. The van der Waals surface area contributed by atoms with Gasteiger partial charge in [0.25, 0.3) is 10.0 Å². The third-order valence-corrected chi connectivity index (χ3v) is 7.39. The summed E-state index contributed by atoms with van der Waals surface area (Å²) in [5.41, 5.74) is 2.54. The van der Waals surface area contributed by atoms with Crippen molar-refractivity contribution in [1.29, 1.82) is 0 Å². The van der Waals surface area contributed by atoms with Gasteiger partial charge in [-0.15, -0.1) is 11.3 Å². The molecule has 0 saturated heterocycles. The Bertz CT molecular complexity index is 1200. The molecule has 0 bridgehead atoms. The molecule has 10 heteroatoms. The lowest BCUT2D eigenvalue weighted by Crippen LogP contribution is -2.11. The lowest BCUT2D eigenvalue weighted by Gasteiger charge is -2.08. The Morgan fingerprint density at radius 3 is 2.66 bits per heavy atom. The van der Waals surface area contributed by atoms with Gasteiger partial charge < -0.3 is 9.84 Å². The van der Waals surface area contributed by atoms with Gasteiger partial charge in [0, 0.05) is 16.3 Å². The molecule has 2 aromatic heterocycles. The lowest BCUT2D eigenvalue weighted by molar-refractivity contribution is -0.114. The first-order valence-electron chi connectivity index (χ1n) is 8.46. The molecule has 2 heterocycles. The highest BCUT2D eigenvalue weighted by Gasteiger charge is 2.18. The average Bonchev–Trinajstić information content (AvgIpc) is 3.24. The summed E-state index contributed by atoms with van der Waals surface area (Å²) in [6, 6.07) is 8.61. The molecule has 1 amide bonds. The van der Waals surface area contributed by atoms with E-state index in [-0.39, 0.29) is 10.1 Å². The van der Waals surface area contributed by atoms with Crippen LogP contribution in [0.25, 0.3) is 12.2 Å². The Balaban J connectivity index is 1.80. The van der Waals surface area contributed by atoms with Crippen molar-refractivity contribution in [3.8, 4) is 0 Å². The van der Waals surface area contributed by atoms with Gasteiger partial charge >= 0.3 is 0 Å². The summed E-state index contributed by atoms with van der Waals surface area (Å²) < 4.78 is 34.0. The van der Waals surface area contributed by atoms with E-state index in [1.807, 2.05) is 19.1 Å². The third kappa shape index (κ3) is 5.14. The van der Waals surface area contributed by atoms with Crippen molar-refractivity contribution in [2.45, 2.75) is 25.0 Å². The van der Waals surface area contributed by atoms with E-state index in [4.69, 9.17) is 4.52 Å². The number of anilines is 2. The number of hydrogen-bond donors (Lipinski definition) is 2. The lowest BCUT2D eigenvalue weighted by atomic mass is 10.2. The highest BCUT2D eigenvalue weighted by atomic mass is 79.9. The highest BCUT2D eigenvalue weighted by Crippen LogP contribution is 2.30. The Labute approximate surface area is 181 Å². The molecule has 0 aliphatic heterocycles. The van der Waals surface area contributed by atoms with E-state index in [0.717, 1.165) is 16.9 Å². The Morgan fingerprint density at radius 2 is 1.97 bits per heavy atom. The van der Waals surface area contributed by atoms with Crippen LogP contribution < -0.4 is 10.0 Å². The summed E-state index contributed by atoms with van der Waals surface area (Å²) in [5, 5.41) is 6.51. The summed E-state index contributed by atoms with van der Waals surface area (Å²) in [6.45, 7) is 5.04. The average molecular weight is 496 g/mol. The molecule has 0 aliphatic rings. The number of aromatic nitrogens is 1. The molecular weight excluding hydrogens is 478 g/mol. The number of halogens is 1. The minimum atomic E-state index is -3.72. The van der Waals surface area contributed by atoms with Crippen LogP contribution in [0.2, 0.25) is 0 Å². The summed E-state index contributed by atoms with van der Waals surface area (Å²) in [7, 11) is -3.72. The van der Waals surface area contributed by atoms with Crippen LogP contribution in [0.5, 0.6) is 0 Å². The zero-order valence-electron chi connectivity index (χ0n) is 15.8. The number of hydrogen-bond acceptors (Lipinski definition) is 6. The molecule has 29 heavy (non-hydrogen) atoms. The van der Waals surface area contributed by atoms with Crippen molar-refractivity contribution in [2.75, 3.05) is 10.0 Å². The molecule has 1 aromatic carbocycles. The van der Waals surface area contributed by atoms with Crippen LogP contribution in [0.15, 0.2) is 43.5 Å². The molecule has 2 N–H and O–H groups in total. The zero-order valence-corrected chi connectivity index (χ0v) is 19.0. The number of carbonyl (C=O) groups is 1. The number of thiophene rings is 1. The van der Waals surface area contributed by atoms with E-state index in [1.165, 1.54) is 13.0 Å². The Hall–Kier alpha value is -2.43. The second kappa shape index (κ2) is 8.52. The van der Waals surface area contributed by atoms with E-state index >= 15 is 0 Å². The SMILES string of the molecule is CC(=O)Nc1c(C)noc1C=Cc1ccc(S(=O)(=O)Nc2ccc(C)cc2Br)s1. The fraction of sp³-hybridized carbons (Fsp3) is 0.158. The standard InChI is InChI=1S/C19H18BrN3O4S2/c1-11-4-7-16(15(20)10-11)23-29(25,26)18-9-6-14(28-18)5-8-17-19(21-13(3)24)12(2)22-27-17/h4-10,23H,1-3H3,(H,21,24). The fourth-order valence-corrected chi connectivity index (χ4v) is 5.49. The molecular formula is C19H18BrN3O4S2. The van der Waals surface area contributed by atoms with Gasteiger partial charge in [0.15, 0.2) is 5.76 Å². The summed E-state index contributed by atoms with van der Waals surface area (Å²) in [5.74, 6) is 0.154. The Morgan fingerprint density at radius 1 is 1.21 bits per heavy atom. The first kappa shape index (κ1) is 21.3. The van der Waals surface area contributed by atoms with Crippen molar-refractivity contribution >= 4 is 66.7 Å². The monoisotopic (exact) mass is 495 g/mol. The van der Waals surface area contributed by atoms with Crippen molar-refractivity contribution in [3.63, 3.8) is 0 Å². The maximum Gasteiger partial charge on any atom is 0.271 e. The maximum atomic E-state index is 12.7. The van der Waals surface area contributed by atoms with Gasteiger partial charge in [0.2, 0.25) is 5.91 Å². The number of aryl methyl sites for hydroxylation is 2. The minimum Gasteiger partial charge on any atom is -0.354 e. The van der Waals surface area contributed by atoms with E-state index in [1.54, 1.807) is 31.2 Å². The second-order valence-electron chi connectivity index (χ2n) is 6.27. The number of nitrogens with one attached hydrogen (secondary N) is 2. The van der Waals surface area contributed by atoms with Crippen LogP contribution in [0, 0.1) is 13.8 Å². The first-order chi connectivity index (χ1) is 13.7. The fourth-order valence-electron chi connectivity index (χ4n) is 2.45. The van der Waals surface area contributed by atoms with Crippen molar-refractivity contribution in [2.24, 2.45) is 0 Å². The van der Waals surface area contributed by atoms with Crippen LogP contribution in [0.4, 0.5) is 11.4 Å². The van der Waals surface area contributed by atoms with Crippen LogP contribution in [-0.4, -0.2) is 19.5 Å². The highest BCUT2D eigenvalue weighted by molar-refractivity contribution is 9.10. The van der Waals surface area contributed by atoms with Gasteiger partial charge in [-0.25, -0.2) is 8.42 Å². The first-order valence-corrected chi connectivity index (χ1v) is 11.6. The van der Waals surface area contributed by atoms with Gasteiger partial charge in [0.1, 0.15) is 15.6 Å². The molecule has 0 radical (unpaired) electrons. The topological polar surface area (TPSA) is 101 Å². The number of sulfonamides is 1. The largest absolute Gasteiger partial charge is 0.354 e. The molecule has 3 rings (SSSR count). The number of rotatable bonds is 6.